The number of carboxylic acid groups (broad SMARTS) is 1. The Morgan fingerprint density at radius 3 is 2.23 bits per heavy atom. The summed E-state index contributed by atoms with van der Waals surface area (Å²) in [5.74, 6) is -2.59. The Morgan fingerprint density at radius 2 is 1.68 bits per heavy atom. The lowest BCUT2D eigenvalue weighted by Gasteiger charge is -2.12. The van der Waals surface area contributed by atoms with Crippen molar-refractivity contribution in [2.24, 2.45) is 0 Å². The van der Waals surface area contributed by atoms with E-state index in [9.17, 15) is 22.4 Å². The van der Waals surface area contributed by atoms with Crippen molar-refractivity contribution in [2.45, 2.75) is 6.18 Å². The number of aromatic carboxylic acids is 1. The average molecular weight is 314 g/mol. The van der Waals surface area contributed by atoms with Gasteiger partial charge in [-0.1, -0.05) is 12.1 Å². The highest BCUT2D eigenvalue weighted by molar-refractivity contribution is 5.92. The molecule has 0 aliphatic carbocycles. The Bertz CT molecular complexity index is 723. The SMILES string of the molecule is COc1cc(-c2ccc(F)c(C(F)(F)F)c2)ccc1C(=O)O. The summed E-state index contributed by atoms with van der Waals surface area (Å²) in [5, 5.41) is 8.97. The van der Waals surface area contributed by atoms with Gasteiger partial charge in [-0.3, -0.25) is 0 Å². The van der Waals surface area contributed by atoms with E-state index in [4.69, 9.17) is 9.84 Å². The predicted octanol–water partition coefficient (Wildman–Crippen LogP) is 4.22. The molecular formula is C15H10F4O3. The van der Waals surface area contributed by atoms with Crippen LogP contribution in [0.4, 0.5) is 17.6 Å². The molecule has 0 aliphatic rings. The van der Waals surface area contributed by atoms with Gasteiger partial charge in [-0.15, -0.1) is 0 Å². The lowest BCUT2D eigenvalue weighted by Crippen LogP contribution is -2.08. The number of benzene rings is 2. The molecule has 0 saturated carbocycles. The molecule has 0 atom stereocenters. The monoisotopic (exact) mass is 314 g/mol. The molecule has 0 heterocycles. The van der Waals surface area contributed by atoms with Gasteiger partial charge in [-0.2, -0.15) is 13.2 Å². The number of hydrogen-bond donors (Lipinski definition) is 1. The van der Waals surface area contributed by atoms with Crippen LogP contribution < -0.4 is 4.74 Å². The number of ether oxygens (including phenoxy) is 1. The Labute approximate surface area is 122 Å². The molecule has 0 amide bonds. The van der Waals surface area contributed by atoms with Crippen molar-refractivity contribution >= 4 is 5.97 Å². The summed E-state index contributed by atoms with van der Waals surface area (Å²) in [7, 11) is 1.25. The van der Waals surface area contributed by atoms with Gasteiger partial charge in [0.05, 0.1) is 12.7 Å². The maximum atomic E-state index is 13.3. The summed E-state index contributed by atoms with van der Waals surface area (Å²) >= 11 is 0. The summed E-state index contributed by atoms with van der Waals surface area (Å²) in [5.41, 5.74) is -1.12. The number of carbonyl (C=O) groups is 1. The Hall–Kier alpha value is -2.57. The molecule has 0 spiro atoms. The van der Waals surface area contributed by atoms with Gasteiger partial charge in [-0.25, -0.2) is 9.18 Å². The van der Waals surface area contributed by atoms with Crippen LogP contribution in [0.1, 0.15) is 15.9 Å². The highest BCUT2D eigenvalue weighted by Crippen LogP contribution is 2.35. The van der Waals surface area contributed by atoms with Crippen LogP contribution in [0.2, 0.25) is 0 Å². The molecule has 116 valence electrons. The summed E-state index contributed by atoms with van der Waals surface area (Å²) in [6, 6.07) is 6.41. The fourth-order valence-corrected chi connectivity index (χ4v) is 1.97. The van der Waals surface area contributed by atoms with E-state index in [1.807, 2.05) is 0 Å². The highest BCUT2D eigenvalue weighted by Gasteiger charge is 2.34. The second kappa shape index (κ2) is 5.67. The first-order valence-electron chi connectivity index (χ1n) is 6.02. The standard InChI is InChI=1S/C15H10F4O3/c1-22-13-7-9(2-4-10(13)14(20)21)8-3-5-12(16)11(6-8)15(17,18)19/h2-7H,1H3,(H,20,21). The molecule has 0 radical (unpaired) electrons. The molecule has 2 rings (SSSR count). The number of hydrogen-bond acceptors (Lipinski definition) is 2. The molecule has 0 aromatic heterocycles. The van der Waals surface area contributed by atoms with Gasteiger partial charge >= 0.3 is 12.1 Å². The fourth-order valence-electron chi connectivity index (χ4n) is 1.97. The third kappa shape index (κ3) is 3.03. The highest BCUT2D eigenvalue weighted by atomic mass is 19.4. The minimum Gasteiger partial charge on any atom is -0.496 e. The van der Waals surface area contributed by atoms with Crippen molar-refractivity contribution in [3.8, 4) is 16.9 Å². The summed E-state index contributed by atoms with van der Waals surface area (Å²) < 4.78 is 56.3. The maximum Gasteiger partial charge on any atom is 0.419 e. The quantitative estimate of drug-likeness (QED) is 0.863. The van der Waals surface area contributed by atoms with Gasteiger partial charge < -0.3 is 9.84 Å². The van der Waals surface area contributed by atoms with Crippen LogP contribution in [-0.2, 0) is 6.18 Å². The molecule has 0 aliphatic heterocycles. The molecule has 7 heteroatoms. The largest absolute Gasteiger partial charge is 0.496 e. The lowest BCUT2D eigenvalue weighted by molar-refractivity contribution is -0.139. The van der Waals surface area contributed by atoms with Crippen LogP contribution in [0.15, 0.2) is 36.4 Å². The van der Waals surface area contributed by atoms with E-state index in [0.717, 1.165) is 6.07 Å². The van der Waals surface area contributed by atoms with Crippen molar-refractivity contribution < 1.29 is 32.2 Å². The van der Waals surface area contributed by atoms with Crippen molar-refractivity contribution in [3.05, 3.63) is 53.3 Å². The third-order valence-corrected chi connectivity index (χ3v) is 3.04. The molecule has 2 aromatic rings. The first-order chi connectivity index (χ1) is 10.2. The molecule has 0 fully saturated rings. The predicted molar refractivity (Wildman–Crippen MR) is 70.3 cm³/mol. The van der Waals surface area contributed by atoms with Crippen molar-refractivity contribution in [1.29, 1.82) is 0 Å². The average Bonchev–Trinajstić information content (AvgIpc) is 2.45. The van der Waals surface area contributed by atoms with Crippen LogP contribution in [0.5, 0.6) is 5.75 Å². The minimum atomic E-state index is -4.81. The van der Waals surface area contributed by atoms with E-state index in [2.05, 4.69) is 0 Å². The number of halogens is 4. The van der Waals surface area contributed by atoms with Crippen molar-refractivity contribution in [3.63, 3.8) is 0 Å². The van der Waals surface area contributed by atoms with Crippen molar-refractivity contribution in [1.82, 2.24) is 0 Å². The topological polar surface area (TPSA) is 46.5 Å². The Morgan fingerprint density at radius 1 is 1.09 bits per heavy atom. The zero-order chi connectivity index (χ0) is 16.5. The third-order valence-electron chi connectivity index (χ3n) is 3.04. The molecule has 22 heavy (non-hydrogen) atoms. The first kappa shape index (κ1) is 15.8. The molecule has 2 aromatic carbocycles. The summed E-state index contributed by atoms with van der Waals surface area (Å²) in [4.78, 5) is 11.0. The van der Waals surface area contributed by atoms with Gasteiger partial charge in [0.25, 0.3) is 0 Å². The molecule has 3 nitrogen and oxygen atoms in total. The van der Waals surface area contributed by atoms with Crippen LogP contribution in [-0.4, -0.2) is 18.2 Å². The van der Waals surface area contributed by atoms with Gasteiger partial charge in [0.2, 0.25) is 0 Å². The Balaban J connectivity index is 2.55. The van der Waals surface area contributed by atoms with E-state index in [1.165, 1.54) is 31.4 Å². The normalized spacial score (nSPS) is 11.3. The molecule has 0 saturated heterocycles. The smallest absolute Gasteiger partial charge is 0.419 e. The number of alkyl halides is 3. The molecular weight excluding hydrogens is 304 g/mol. The van der Waals surface area contributed by atoms with Crippen LogP contribution in [0.3, 0.4) is 0 Å². The zero-order valence-corrected chi connectivity index (χ0v) is 11.2. The second-order valence-electron chi connectivity index (χ2n) is 4.41. The van der Waals surface area contributed by atoms with Gasteiger partial charge in [0, 0.05) is 0 Å². The summed E-state index contributed by atoms with van der Waals surface area (Å²) in [6.45, 7) is 0. The van der Waals surface area contributed by atoms with Crippen molar-refractivity contribution in [2.75, 3.05) is 7.11 Å². The lowest BCUT2D eigenvalue weighted by atomic mass is 10.0. The van der Waals surface area contributed by atoms with Gasteiger partial charge in [0.1, 0.15) is 17.1 Å². The van der Waals surface area contributed by atoms with E-state index in [1.54, 1.807) is 0 Å². The maximum absolute atomic E-state index is 13.3. The zero-order valence-electron chi connectivity index (χ0n) is 11.2. The van der Waals surface area contributed by atoms with Gasteiger partial charge in [-0.05, 0) is 35.4 Å². The molecule has 1 N–H and O–H groups in total. The molecule has 0 unspecified atom stereocenters. The van der Waals surface area contributed by atoms with E-state index >= 15 is 0 Å². The fraction of sp³-hybridized carbons (Fsp3) is 0.133. The van der Waals surface area contributed by atoms with E-state index in [0.29, 0.717) is 6.07 Å². The number of methoxy groups -OCH3 is 1. The number of carboxylic acids is 1. The van der Waals surface area contributed by atoms with Crippen LogP contribution in [0.25, 0.3) is 11.1 Å². The molecule has 0 bridgehead atoms. The first-order valence-corrected chi connectivity index (χ1v) is 6.02. The van der Waals surface area contributed by atoms with E-state index in [-0.39, 0.29) is 22.4 Å². The van der Waals surface area contributed by atoms with Crippen LogP contribution in [0, 0.1) is 5.82 Å². The van der Waals surface area contributed by atoms with Crippen LogP contribution >= 0.6 is 0 Å². The minimum absolute atomic E-state index is 0.00267. The van der Waals surface area contributed by atoms with E-state index < -0.39 is 23.5 Å². The number of rotatable bonds is 3. The Kier molecular flexibility index (Phi) is 4.07. The second-order valence-corrected chi connectivity index (χ2v) is 4.41. The van der Waals surface area contributed by atoms with Gasteiger partial charge in [0.15, 0.2) is 0 Å². The summed E-state index contributed by atoms with van der Waals surface area (Å²) in [6.07, 6.45) is -4.81.